The molecule has 1 saturated carbocycles. The van der Waals surface area contributed by atoms with Gasteiger partial charge in [0.05, 0.1) is 13.2 Å². The van der Waals surface area contributed by atoms with E-state index in [0.29, 0.717) is 6.54 Å². The molecule has 0 unspecified atom stereocenters. The van der Waals surface area contributed by atoms with Crippen molar-refractivity contribution < 1.29 is 5.11 Å². The first-order valence-corrected chi connectivity index (χ1v) is 7.47. The predicted molar refractivity (Wildman–Crippen MR) is 98.8 cm³/mol. The van der Waals surface area contributed by atoms with Gasteiger partial charge in [0.25, 0.3) is 0 Å². The molecule has 3 N–H and O–H groups in total. The smallest absolute Gasteiger partial charge is 0.191 e. The van der Waals surface area contributed by atoms with E-state index in [9.17, 15) is 0 Å². The Kier molecular flexibility index (Phi) is 7.76. The molecular weight excluding hydrogens is 401 g/mol. The zero-order valence-corrected chi connectivity index (χ0v) is 15.3. The van der Waals surface area contributed by atoms with Gasteiger partial charge in [0.2, 0.25) is 0 Å². The fourth-order valence-electron chi connectivity index (χ4n) is 2.25. The van der Waals surface area contributed by atoms with E-state index in [0.717, 1.165) is 36.9 Å². The van der Waals surface area contributed by atoms with E-state index in [-0.39, 0.29) is 36.0 Å². The summed E-state index contributed by atoms with van der Waals surface area (Å²) >= 11 is 6.07. The van der Waals surface area contributed by atoms with E-state index in [4.69, 9.17) is 16.7 Å². The first kappa shape index (κ1) is 18.5. The minimum Gasteiger partial charge on any atom is -0.395 e. The van der Waals surface area contributed by atoms with Crippen LogP contribution in [0.3, 0.4) is 0 Å². The van der Waals surface area contributed by atoms with Gasteiger partial charge >= 0.3 is 0 Å². The second kappa shape index (κ2) is 8.80. The lowest BCUT2D eigenvalue weighted by Gasteiger charge is -2.16. The number of nitrogens with one attached hydrogen (secondary N) is 2. The Morgan fingerprint density at radius 3 is 2.71 bits per heavy atom. The Balaban J connectivity index is 0.00000220. The summed E-state index contributed by atoms with van der Waals surface area (Å²) in [5.74, 6) is 0.759. The minimum atomic E-state index is 0. The lowest BCUT2D eigenvalue weighted by atomic mass is 9.96. The number of halogens is 2. The van der Waals surface area contributed by atoms with Gasteiger partial charge < -0.3 is 15.7 Å². The fraction of sp³-hybridized carbons (Fsp3) is 0.533. The Hall–Kier alpha value is -0.530. The van der Waals surface area contributed by atoms with Gasteiger partial charge in [0, 0.05) is 23.5 Å². The number of hydrogen-bond donors (Lipinski definition) is 3. The number of hydrogen-bond acceptors (Lipinski definition) is 2. The summed E-state index contributed by atoms with van der Waals surface area (Å²) in [5.41, 5.74) is 1.42. The third kappa shape index (κ3) is 5.30. The van der Waals surface area contributed by atoms with Crippen LogP contribution in [0.15, 0.2) is 29.3 Å². The molecule has 0 aromatic heterocycles. The molecule has 0 aliphatic heterocycles. The Labute approximate surface area is 148 Å². The van der Waals surface area contributed by atoms with Gasteiger partial charge in [-0.2, -0.15) is 0 Å². The summed E-state index contributed by atoms with van der Waals surface area (Å²) in [7, 11) is 0. The summed E-state index contributed by atoms with van der Waals surface area (Å²) < 4.78 is 0. The van der Waals surface area contributed by atoms with E-state index in [1.165, 1.54) is 5.56 Å². The minimum absolute atomic E-state index is 0. The SMILES string of the molecule is CCNC(=NCC1(c2cccc(Cl)c2)CC1)NCCO.I. The van der Waals surface area contributed by atoms with E-state index in [1.54, 1.807) is 0 Å². The van der Waals surface area contributed by atoms with Crippen molar-refractivity contribution in [2.24, 2.45) is 4.99 Å². The maximum atomic E-state index is 8.87. The molecule has 0 atom stereocenters. The molecular formula is C15H23ClIN3O. The van der Waals surface area contributed by atoms with Crippen LogP contribution >= 0.6 is 35.6 Å². The number of guanidine groups is 1. The third-order valence-electron chi connectivity index (χ3n) is 3.58. The van der Waals surface area contributed by atoms with Gasteiger partial charge in [-0.05, 0) is 37.5 Å². The van der Waals surface area contributed by atoms with Gasteiger partial charge in [0.1, 0.15) is 0 Å². The van der Waals surface area contributed by atoms with E-state index >= 15 is 0 Å². The molecule has 0 radical (unpaired) electrons. The summed E-state index contributed by atoms with van der Waals surface area (Å²) in [5, 5.41) is 15.9. The highest BCUT2D eigenvalue weighted by atomic mass is 127. The molecule has 0 amide bonds. The van der Waals surface area contributed by atoms with Gasteiger partial charge in [-0.25, -0.2) is 0 Å². The van der Waals surface area contributed by atoms with Crippen LogP contribution in [-0.4, -0.2) is 37.3 Å². The fourth-order valence-corrected chi connectivity index (χ4v) is 2.44. The predicted octanol–water partition coefficient (Wildman–Crippen LogP) is 2.54. The molecule has 21 heavy (non-hydrogen) atoms. The number of aliphatic hydroxyl groups excluding tert-OH is 1. The van der Waals surface area contributed by atoms with Gasteiger partial charge in [-0.3, -0.25) is 4.99 Å². The average Bonchev–Trinajstić information content (AvgIpc) is 3.23. The van der Waals surface area contributed by atoms with Gasteiger partial charge in [-0.1, -0.05) is 23.7 Å². The van der Waals surface area contributed by atoms with Crippen molar-refractivity contribution in [3.05, 3.63) is 34.9 Å². The van der Waals surface area contributed by atoms with Crippen LogP contribution in [0.25, 0.3) is 0 Å². The van der Waals surface area contributed by atoms with E-state index in [1.807, 2.05) is 25.1 Å². The first-order valence-electron chi connectivity index (χ1n) is 7.09. The number of benzene rings is 1. The van der Waals surface area contributed by atoms with Crippen LogP contribution in [0, 0.1) is 0 Å². The molecule has 1 aromatic carbocycles. The highest BCUT2D eigenvalue weighted by molar-refractivity contribution is 14.0. The number of nitrogens with zero attached hydrogens (tertiary/aromatic N) is 1. The monoisotopic (exact) mass is 423 g/mol. The Morgan fingerprint density at radius 1 is 1.38 bits per heavy atom. The van der Waals surface area contributed by atoms with E-state index in [2.05, 4.69) is 21.7 Å². The van der Waals surface area contributed by atoms with Crippen molar-refractivity contribution in [1.82, 2.24) is 10.6 Å². The van der Waals surface area contributed by atoms with Crippen molar-refractivity contribution >= 4 is 41.5 Å². The van der Waals surface area contributed by atoms with Crippen LogP contribution in [0.4, 0.5) is 0 Å². The average molecular weight is 424 g/mol. The molecule has 0 bridgehead atoms. The maximum Gasteiger partial charge on any atom is 0.191 e. The molecule has 1 aromatic rings. The second-order valence-electron chi connectivity index (χ2n) is 5.14. The topological polar surface area (TPSA) is 56.7 Å². The quantitative estimate of drug-likeness (QED) is 0.374. The second-order valence-corrected chi connectivity index (χ2v) is 5.57. The van der Waals surface area contributed by atoms with Gasteiger partial charge in [-0.15, -0.1) is 24.0 Å². The van der Waals surface area contributed by atoms with Crippen molar-refractivity contribution in [3.63, 3.8) is 0 Å². The number of rotatable bonds is 6. The highest BCUT2D eigenvalue weighted by Crippen LogP contribution is 2.48. The van der Waals surface area contributed by atoms with Crippen molar-refractivity contribution in [1.29, 1.82) is 0 Å². The van der Waals surface area contributed by atoms with Crippen molar-refractivity contribution in [2.75, 3.05) is 26.2 Å². The van der Waals surface area contributed by atoms with Crippen LogP contribution in [0.1, 0.15) is 25.3 Å². The standard InChI is InChI=1S/C15H22ClN3O.HI/c1-2-17-14(18-8-9-20)19-11-15(6-7-15)12-4-3-5-13(16)10-12;/h3-5,10,20H,2,6-9,11H2,1H3,(H2,17,18,19);1H. The Bertz CT molecular complexity index is 478. The van der Waals surface area contributed by atoms with E-state index < -0.39 is 0 Å². The lowest BCUT2D eigenvalue weighted by molar-refractivity contribution is 0.300. The molecule has 1 aliphatic carbocycles. The summed E-state index contributed by atoms with van der Waals surface area (Å²) in [6.45, 7) is 4.19. The lowest BCUT2D eigenvalue weighted by Crippen LogP contribution is -2.39. The number of aliphatic imine (C=N–C) groups is 1. The third-order valence-corrected chi connectivity index (χ3v) is 3.81. The molecule has 0 saturated heterocycles. The van der Waals surface area contributed by atoms with Gasteiger partial charge in [0.15, 0.2) is 5.96 Å². The highest BCUT2D eigenvalue weighted by Gasteiger charge is 2.44. The Morgan fingerprint density at radius 2 is 2.14 bits per heavy atom. The molecule has 1 fully saturated rings. The zero-order chi connectivity index (χ0) is 14.4. The van der Waals surface area contributed by atoms with Crippen molar-refractivity contribution in [2.45, 2.75) is 25.2 Å². The van der Waals surface area contributed by atoms with Crippen LogP contribution < -0.4 is 10.6 Å². The molecule has 118 valence electrons. The molecule has 2 rings (SSSR count). The largest absolute Gasteiger partial charge is 0.395 e. The maximum absolute atomic E-state index is 8.87. The molecule has 0 heterocycles. The first-order chi connectivity index (χ1) is 9.70. The van der Waals surface area contributed by atoms with Crippen LogP contribution in [0.2, 0.25) is 5.02 Å². The van der Waals surface area contributed by atoms with Crippen LogP contribution in [-0.2, 0) is 5.41 Å². The zero-order valence-electron chi connectivity index (χ0n) is 12.2. The molecule has 4 nitrogen and oxygen atoms in total. The normalized spacial score (nSPS) is 16.0. The summed E-state index contributed by atoms with van der Waals surface area (Å²) in [6.07, 6.45) is 2.30. The summed E-state index contributed by atoms with van der Waals surface area (Å²) in [6, 6.07) is 8.06. The molecule has 1 aliphatic rings. The molecule has 6 heteroatoms. The summed E-state index contributed by atoms with van der Waals surface area (Å²) in [4.78, 5) is 4.63. The van der Waals surface area contributed by atoms with Crippen LogP contribution in [0.5, 0.6) is 0 Å². The molecule has 0 spiro atoms. The number of aliphatic hydroxyl groups is 1. The van der Waals surface area contributed by atoms with Crippen molar-refractivity contribution in [3.8, 4) is 0 Å².